The molecule has 0 atom stereocenters. The van der Waals surface area contributed by atoms with Crippen LogP contribution in [0.3, 0.4) is 0 Å². The molecule has 0 unspecified atom stereocenters. The molecule has 1 aromatic carbocycles. The monoisotopic (exact) mass is 285 g/mol. The van der Waals surface area contributed by atoms with E-state index in [9.17, 15) is 4.79 Å². The van der Waals surface area contributed by atoms with Crippen molar-refractivity contribution in [2.75, 3.05) is 7.11 Å². The first-order chi connectivity index (χ1) is 7.70. The molecule has 6 heteroatoms. The second-order valence-corrected chi connectivity index (χ2v) is 3.96. The molecular formula is C10H10BrN2O3+. The van der Waals surface area contributed by atoms with Crippen molar-refractivity contribution in [3.8, 4) is 5.75 Å². The Morgan fingerprint density at radius 1 is 1.44 bits per heavy atom. The molecule has 0 aliphatic rings. The molecule has 0 aliphatic heterocycles. The highest BCUT2D eigenvalue weighted by Crippen LogP contribution is 2.11. The zero-order valence-electron chi connectivity index (χ0n) is 8.57. The van der Waals surface area contributed by atoms with Gasteiger partial charge in [-0.25, -0.2) is 4.79 Å². The van der Waals surface area contributed by atoms with Crippen LogP contribution in [0.2, 0.25) is 0 Å². The minimum absolute atomic E-state index is 0.364. The van der Waals surface area contributed by atoms with Gasteiger partial charge >= 0.3 is 10.2 Å². The van der Waals surface area contributed by atoms with Gasteiger partial charge in [0.15, 0.2) is 0 Å². The van der Waals surface area contributed by atoms with Gasteiger partial charge in [0.2, 0.25) is 6.54 Å². The number of halogens is 1. The van der Waals surface area contributed by atoms with Crippen LogP contribution in [0.25, 0.3) is 0 Å². The molecule has 1 N–H and O–H groups in total. The third-order valence-corrected chi connectivity index (χ3v) is 2.91. The van der Waals surface area contributed by atoms with Crippen molar-refractivity contribution in [3.63, 3.8) is 0 Å². The summed E-state index contributed by atoms with van der Waals surface area (Å²) in [6.45, 7) is 0.524. The molecule has 0 bridgehead atoms. The van der Waals surface area contributed by atoms with E-state index in [1.54, 1.807) is 11.8 Å². The maximum atomic E-state index is 11.0. The van der Waals surface area contributed by atoms with Crippen LogP contribution in [0.15, 0.2) is 38.2 Å². The van der Waals surface area contributed by atoms with Gasteiger partial charge in [-0.15, -0.1) is 0 Å². The third-order valence-electron chi connectivity index (χ3n) is 2.15. The standard InChI is InChI=1S/C10H9BrN2O3/c1-15-8-4-2-7(3-5-8)6-13-9(11)10(14)16-12-13/h2-5H,6H2,1H3/p+1. The lowest BCUT2D eigenvalue weighted by molar-refractivity contribution is -0.764. The quantitative estimate of drug-likeness (QED) is 0.859. The van der Waals surface area contributed by atoms with E-state index in [1.807, 2.05) is 24.3 Å². The highest BCUT2D eigenvalue weighted by Gasteiger charge is 2.17. The fourth-order valence-corrected chi connectivity index (χ4v) is 1.58. The molecule has 0 amide bonds. The zero-order chi connectivity index (χ0) is 11.5. The summed E-state index contributed by atoms with van der Waals surface area (Å²) in [5.41, 5.74) is 0.608. The number of benzene rings is 1. The highest BCUT2D eigenvalue weighted by molar-refractivity contribution is 9.10. The van der Waals surface area contributed by atoms with Gasteiger partial charge in [0.05, 0.1) is 7.11 Å². The van der Waals surface area contributed by atoms with E-state index in [2.05, 4.69) is 25.7 Å². The SMILES string of the molecule is COc1ccc(C[n+]2[nH]oc(=O)c2Br)cc1. The van der Waals surface area contributed by atoms with Gasteiger partial charge in [0.1, 0.15) is 5.75 Å². The Morgan fingerprint density at radius 2 is 2.12 bits per heavy atom. The van der Waals surface area contributed by atoms with Gasteiger partial charge in [0.25, 0.3) is 0 Å². The molecule has 1 aromatic heterocycles. The van der Waals surface area contributed by atoms with E-state index in [0.29, 0.717) is 11.1 Å². The maximum Gasteiger partial charge on any atom is 0.441 e. The smallest absolute Gasteiger partial charge is 0.441 e. The van der Waals surface area contributed by atoms with E-state index in [-0.39, 0.29) is 0 Å². The second-order valence-electron chi connectivity index (χ2n) is 3.21. The Morgan fingerprint density at radius 3 is 2.62 bits per heavy atom. The van der Waals surface area contributed by atoms with Crippen molar-refractivity contribution in [2.24, 2.45) is 0 Å². The lowest BCUT2D eigenvalue weighted by Gasteiger charge is -1.99. The number of nitrogens with one attached hydrogen (secondary N) is 1. The number of nitrogens with zero attached hydrogens (tertiary/aromatic N) is 1. The van der Waals surface area contributed by atoms with Gasteiger partial charge in [-0.3, -0.25) is 4.52 Å². The molecule has 0 saturated carbocycles. The molecule has 1 heterocycles. The van der Waals surface area contributed by atoms with Gasteiger partial charge < -0.3 is 4.74 Å². The van der Waals surface area contributed by atoms with E-state index in [4.69, 9.17) is 4.74 Å². The van der Waals surface area contributed by atoms with Crippen molar-refractivity contribution in [1.29, 1.82) is 0 Å². The summed E-state index contributed by atoms with van der Waals surface area (Å²) >= 11 is 3.14. The summed E-state index contributed by atoms with van der Waals surface area (Å²) in [4.78, 5) is 11.0. The Kier molecular flexibility index (Phi) is 3.09. The summed E-state index contributed by atoms with van der Waals surface area (Å²) in [6.07, 6.45) is 0. The number of hydrogen-bond acceptors (Lipinski definition) is 3. The average Bonchev–Trinajstić information content (AvgIpc) is 2.62. The summed E-state index contributed by atoms with van der Waals surface area (Å²) in [5.74, 6) is 0.800. The van der Waals surface area contributed by atoms with Crippen molar-refractivity contribution in [3.05, 3.63) is 44.9 Å². The molecule has 0 aliphatic carbocycles. The Labute approximate surface area is 99.7 Å². The molecule has 0 spiro atoms. The van der Waals surface area contributed by atoms with Gasteiger partial charge in [-0.1, -0.05) is 4.68 Å². The van der Waals surface area contributed by atoms with Crippen molar-refractivity contribution in [1.82, 2.24) is 5.27 Å². The normalized spacial score (nSPS) is 10.4. The van der Waals surface area contributed by atoms with Crippen molar-refractivity contribution < 1.29 is 13.9 Å². The van der Waals surface area contributed by atoms with Gasteiger partial charge in [0, 0.05) is 21.5 Å². The lowest BCUT2D eigenvalue weighted by atomic mass is 10.2. The molecule has 84 valence electrons. The number of ether oxygens (including phenoxy) is 1. The molecular weight excluding hydrogens is 276 g/mol. The number of H-pyrrole nitrogens is 1. The summed E-state index contributed by atoms with van der Waals surface area (Å²) in [5, 5.41) is 2.50. The molecule has 0 saturated heterocycles. The van der Waals surface area contributed by atoms with Crippen molar-refractivity contribution in [2.45, 2.75) is 6.54 Å². The molecule has 0 fully saturated rings. The minimum Gasteiger partial charge on any atom is -0.497 e. The highest BCUT2D eigenvalue weighted by atomic mass is 79.9. The molecule has 0 radical (unpaired) electrons. The number of aromatic amines is 1. The van der Waals surface area contributed by atoms with Crippen LogP contribution in [0.4, 0.5) is 0 Å². The number of hydrogen-bond donors (Lipinski definition) is 1. The molecule has 16 heavy (non-hydrogen) atoms. The largest absolute Gasteiger partial charge is 0.497 e. The molecule has 2 aromatic rings. The van der Waals surface area contributed by atoms with Crippen LogP contribution in [0, 0.1) is 0 Å². The van der Waals surface area contributed by atoms with Gasteiger partial charge in [-0.05, 0) is 29.5 Å². The van der Waals surface area contributed by atoms with Crippen LogP contribution < -0.4 is 15.0 Å². The number of methoxy groups -OCH3 is 1. The van der Waals surface area contributed by atoms with E-state index < -0.39 is 5.63 Å². The molecule has 5 nitrogen and oxygen atoms in total. The first kappa shape index (κ1) is 10.9. The Bertz CT molecular complexity index is 530. The fraction of sp³-hybridized carbons (Fsp3) is 0.200. The van der Waals surface area contributed by atoms with Crippen LogP contribution in [-0.4, -0.2) is 12.4 Å². The Hall–Kier alpha value is -1.56. The van der Waals surface area contributed by atoms with Gasteiger partial charge in [-0.2, -0.15) is 0 Å². The average molecular weight is 286 g/mol. The number of rotatable bonds is 3. The van der Waals surface area contributed by atoms with Crippen LogP contribution in [-0.2, 0) is 6.54 Å². The first-order valence-electron chi connectivity index (χ1n) is 4.60. The minimum atomic E-state index is -0.423. The van der Waals surface area contributed by atoms with Crippen molar-refractivity contribution >= 4 is 15.9 Å². The second kappa shape index (κ2) is 4.52. The lowest BCUT2D eigenvalue weighted by Crippen LogP contribution is -2.38. The third kappa shape index (κ3) is 2.16. The number of aromatic nitrogens is 2. The first-order valence-corrected chi connectivity index (χ1v) is 5.40. The predicted octanol–water partition coefficient (Wildman–Crippen LogP) is 1.07. The summed E-state index contributed by atoms with van der Waals surface area (Å²) < 4.78 is 11.6. The maximum absolute atomic E-state index is 11.0. The van der Waals surface area contributed by atoms with Crippen LogP contribution in [0.1, 0.15) is 5.56 Å². The fourth-order valence-electron chi connectivity index (χ4n) is 1.30. The summed E-state index contributed by atoms with van der Waals surface area (Å²) in [7, 11) is 1.62. The Balaban J connectivity index is 2.20. The predicted molar refractivity (Wildman–Crippen MR) is 59.3 cm³/mol. The van der Waals surface area contributed by atoms with Crippen LogP contribution >= 0.6 is 15.9 Å². The zero-order valence-corrected chi connectivity index (χ0v) is 10.2. The van der Waals surface area contributed by atoms with E-state index in [1.165, 1.54) is 0 Å². The summed E-state index contributed by atoms with van der Waals surface area (Å²) in [6, 6.07) is 7.57. The molecule has 2 rings (SSSR count). The van der Waals surface area contributed by atoms with E-state index >= 15 is 0 Å². The van der Waals surface area contributed by atoms with Crippen LogP contribution in [0.5, 0.6) is 5.75 Å². The topological polar surface area (TPSA) is 59.1 Å². The van der Waals surface area contributed by atoms with E-state index in [0.717, 1.165) is 11.3 Å².